The fourth-order valence-corrected chi connectivity index (χ4v) is 7.75. The number of benzene rings is 2. The average molecular weight is 742 g/mol. The Morgan fingerprint density at radius 1 is 0.815 bits per heavy atom. The Hall–Kier alpha value is -5.13. The van der Waals surface area contributed by atoms with Crippen LogP contribution in [-0.2, 0) is 19.2 Å². The summed E-state index contributed by atoms with van der Waals surface area (Å²) in [7, 11) is 1.31. The molecule has 12 heteroatoms. The van der Waals surface area contributed by atoms with Crippen molar-refractivity contribution >= 4 is 29.7 Å². The van der Waals surface area contributed by atoms with E-state index in [4.69, 9.17) is 4.42 Å². The van der Waals surface area contributed by atoms with Gasteiger partial charge in [-0.05, 0) is 74.6 Å². The second-order valence-corrected chi connectivity index (χ2v) is 14.9. The van der Waals surface area contributed by atoms with Crippen molar-refractivity contribution in [1.29, 1.82) is 0 Å². The molecule has 5 rings (SSSR count). The van der Waals surface area contributed by atoms with Gasteiger partial charge in [0.05, 0.1) is 12.1 Å². The molecule has 0 unspecified atom stereocenters. The van der Waals surface area contributed by atoms with Crippen LogP contribution < -0.4 is 16.0 Å². The molecule has 12 nitrogen and oxygen atoms in total. The number of nitrogens with zero attached hydrogens (tertiary/aromatic N) is 2. The lowest BCUT2D eigenvalue weighted by Crippen LogP contribution is -2.60. The zero-order chi connectivity index (χ0) is 38.9. The van der Waals surface area contributed by atoms with Crippen LogP contribution in [0.4, 0.5) is 4.79 Å². The fraction of sp³-hybridized carbons (Fsp3) is 0.500. The van der Waals surface area contributed by atoms with E-state index in [1.165, 1.54) is 14.0 Å². The van der Waals surface area contributed by atoms with Crippen molar-refractivity contribution in [2.45, 2.75) is 115 Å². The van der Waals surface area contributed by atoms with Crippen LogP contribution in [0, 0.1) is 18.8 Å². The summed E-state index contributed by atoms with van der Waals surface area (Å²) in [5, 5.41) is 18.7. The first-order valence-electron chi connectivity index (χ1n) is 19.3. The highest BCUT2D eigenvalue weighted by molar-refractivity contribution is 5.96. The normalized spacial score (nSPS) is 19.7. The fourth-order valence-electron chi connectivity index (χ4n) is 7.75. The first-order chi connectivity index (χ1) is 25.9. The van der Waals surface area contributed by atoms with Gasteiger partial charge in [-0.15, -0.1) is 0 Å². The predicted molar refractivity (Wildman–Crippen MR) is 204 cm³/mol. The smallest absolute Gasteiger partial charge is 0.407 e. The SMILES string of the molecule is CC[C@H](C)[C@H](NC(=O)[C@@H]1CC[C@H](c2ccc(C)o2)N1C(=O)[C@@H](NC(=O)[C@H](C)N(C)C(=O)O)C1CCCCC1)C(=O)NC(c1ccccc1)c1ccccc1. The van der Waals surface area contributed by atoms with Crippen molar-refractivity contribution in [3.63, 3.8) is 0 Å². The van der Waals surface area contributed by atoms with Crippen molar-refractivity contribution in [2.75, 3.05) is 7.05 Å². The van der Waals surface area contributed by atoms with E-state index in [0.717, 1.165) is 35.3 Å². The summed E-state index contributed by atoms with van der Waals surface area (Å²) < 4.78 is 6.03. The Kier molecular flexibility index (Phi) is 13.6. The number of furan rings is 1. The maximum Gasteiger partial charge on any atom is 0.407 e. The van der Waals surface area contributed by atoms with Crippen molar-refractivity contribution in [2.24, 2.45) is 11.8 Å². The number of hydrogen-bond acceptors (Lipinski definition) is 6. The van der Waals surface area contributed by atoms with E-state index in [1.807, 2.05) is 87.5 Å². The zero-order valence-electron chi connectivity index (χ0n) is 32.0. The molecule has 1 saturated carbocycles. The highest BCUT2D eigenvalue weighted by Gasteiger charge is 2.48. The summed E-state index contributed by atoms with van der Waals surface area (Å²) in [6.07, 6.45) is 4.30. The molecule has 2 aliphatic rings. The van der Waals surface area contributed by atoms with Crippen molar-refractivity contribution in [3.05, 3.63) is 95.4 Å². The first-order valence-corrected chi connectivity index (χ1v) is 19.3. The van der Waals surface area contributed by atoms with Gasteiger partial charge in [0.25, 0.3) is 0 Å². The van der Waals surface area contributed by atoms with E-state index in [1.54, 1.807) is 11.0 Å². The molecule has 290 valence electrons. The van der Waals surface area contributed by atoms with E-state index in [2.05, 4.69) is 16.0 Å². The van der Waals surface area contributed by atoms with Crippen LogP contribution in [0.15, 0.2) is 77.2 Å². The standard InChI is InChI=1S/C42H55N5O7/c1-6-26(2)35(40(50)44-36(29-16-10-7-11-17-29)30-18-12-8-13-19-30)43-39(49)33-24-23-32(34-25-22-27(3)54-34)47(33)41(51)37(31-20-14-9-15-21-31)45-38(48)28(4)46(5)42(52)53/h7-8,10-13,16-19,22,25-26,28,31-33,35-37H,6,9,14-15,20-21,23-24H2,1-5H3,(H,43,49)(H,44,50)(H,45,48)(H,52,53)/t26-,28-,32+,33-,35-,37-/m0/s1. The molecule has 0 spiro atoms. The Morgan fingerprint density at radius 2 is 1.43 bits per heavy atom. The minimum atomic E-state index is -1.26. The molecular weight excluding hydrogens is 686 g/mol. The minimum Gasteiger partial charge on any atom is -0.465 e. The van der Waals surface area contributed by atoms with Crippen LogP contribution in [0.3, 0.4) is 0 Å². The van der Waals surface area contributed by atoms with Crippen molar-refractivity contribution in [1.82, 2.24) is 25.8 Å². The Morgan fingerprint density at radius 3 is 1.96 bits per heavy atom. The van der Waals surface area contributed by atoms with Gasteiger partial charge in [0.15, 0.2) is 0 Å². The van der Waals surface area contributed by atoms with Gasteiger partial charge >= 0.3 is 6.09 Å². The van der Waals surface area contributed by atoms with Gasteiger partial charge in [-0.1, -0.05) is 100 Å². The van der Waals surface area contributed by atoms with Gasteiger partial charge in [0.2, 0.25) is 23.6 Å². The van der Waals surface area contributed by atoms with E-state index in [9.17, 15) is 29.1 Å². The molecule has 1 aromatic heterocycles. The third-order valence-electron chi connectivity index (χ3n) is 11.3. The second kappa shape index (κ2) is 18.3. The number of carboxylic acid groups (broad SMARTS) is 1. The van der Waals surface area contributed by atoms with Gasteiger partial charge < -0.3 is 30.4 Å². The third-order valence-corrected chi connectivity index (χ3v) is 11.3. The maximum atomic E-state index is 15.0. The number of likely N-dealkylation sites (tertiary alicyclic amines) is 1. The number of nitrogens with one attached hydrogen (secondary N) is 3. The Labute approximate surface area is 318 Å². The second-order valence-electron chi connectivity index (χ2n) is 14.9. The van der Waals surface area contributed by atoms with Crippen LogP contribution in [0.25, 0.3) is 0 Å². The molecule has 5 amide bonds. The largest absolute Gasteiger partial charge is 0.465 e. The molecule has 2 fully saturated rings. The van der Waals surface area contributed by atoms with Gasteiger partial charge in [-0.2, -0.15) is 0 Å². The van der Waals surface area contributed by atoms with Crippen LogP contribution >= 0.6 is 0 Å². The lowest BCUT2D eigenvalue weighted by molar-refractivity contribution is -0.146. The first kappa shape index (κ1) is 40.1. The average Bonchev–Trinajstić information content (AvgIpc) is 3.84. The number of carbonyl (C=O) groups is 5. The maximum absolute atomic E-state index is 15.0. The topological polar surface area (TPSA) is 161 Å². The summed E-state index contributed by atoms with van der Waals surface area (Å²) in [5.41, 5.74) is 1.80. The number of amides is 5. The van der Waals surface area contributed by atoms with Gasteiger partial charge in [0, 0.05) is 7.05 Å². The highest BCUT2D eigenvalue weighted by atomic mass is 16.4. The van der Waals surface area contributed by atoms with Crippen LogP contribution in [0.1, 0.15) is 107 Å². The summed E-state index contributed by atoms with van der Waals surface area (Å²) in [5.74, 6) is -1.05. The van der Waals surface area contributed by atoms with Crippen molar-refractivity contribution < 1.29 is 33.5 Å². The van der Waals surface area contributed by atoms with Crippen molar-refractivity contribution in [3.8, 4) is 0 Å². The van der Waals surface area contributed by atoms with E-state index in [-0.39, 0.29) is 17.7 Å². The van der Waals surface area contributed by atoms with Crippen LogP contribution in [0.2, 0.25) is 0 Å². The predicted octanol–water partition coefficient (Wildman–Crippen LogP) is 6.12. The molecule has 54 heavy (non-hydrogen) atoms. The number of carbonyl (C=O) groups excluding carboxylic acids is 4. The molecule has 6 atom stereocenters. The monoisotopic (exact) mass is 741 g/mol. The summed E-state index contributed by atoms with van der Waals surface area (Å²) in [6, 6.07) is 18.0. The molecule has 2 aromatic carbocycles. The van der Waals surface area contributed by atoms with Gasteiger partial charge in [-0.25, -0.2) is 4.79 Å². The Balaban J connectivity index is 1.45. The molecule has 1 aliphatic heterocycles. The third kappa shape index (κ3) is 9.32. The molecular formula is C42H55N5O7. The molecule has 1 aliphatic carbocycles. The number of likely N-dealkylation sites (N-methyl/N-ethyl adjacent to an activating group) is 1. The summed E-state index contributed by atoms with van der Waals surface area (Å²) >= 11 is 0. The van der Waals surface area contributed by atoms with Gasteiger partial charge in [0.1, 0.15) is 35.7 Å². The molecule has 2 heterocycles. The quantitative estimate of drug-likeness (QED) is 0.155. The lowest BCUT2D eigenvalue weighted by atomic mass is 9.83. The number of rotatable bonds is 14. The Bertz CT molecular complexity index is 1700. The lowest BCUT2D eigenvalue weighted by Gasteiger charge is -2.38. The summed E-state index contributed by atoms with van der Waals surface area (Å²) in [6.45, 7) is 7.17. The molecule has 3 aromatic rings. The number of aryl methyl sites for hydroxylation is 1. The minimum absolute atomic E-state index is 0.202. The van der Waals surface area contributed by atoms with E-state index in [0.29, 0.717) is 43.6 Å². The van der Waals surface area contributed by atoms with Crippen LogP contribution in [-0.4, -0.2) is 75.8 Å². The molecule has 4 N–H and O–H groups in total. The number of hydrogen-bond donors (Lipinski definition) is 4. The molecule has 0 radical (unpaired) electrons. The molecule has 1 saturated heterocycles. The van der Waals surface area contributed by atoms with E-state index < -0.39 is 60.1 Å². The summed E-state index contributed by atoms with van der Waals surface area (Å²) in [4.78, 5) is 71.4. The van der Waals surface area contributed by atoms with E-state index >= 15 is 0 Å². The van der Waals surface area contributed by atoms with Crippen LogP contribution in [0.5, 0.6) is 0 Å². The van der Waals surface area contributed by atoms with Gasteiger partial charge in [-0.3, -0.25) is 24.1 Å². The molecule has 0 bridgehead atoms. The zero-order valence-corrected chi connectivity index (χ0v) is 32.0. The highest BCUT2D eigenvalue weighted by Crippen LogP contribution is 2.39.